The van der Waals surface area contributed by atoms with Crippen LogP contribution in [0.15, 0.2) is 18.3 Å². The molecular formula is C11H10F6N2O2. The normalized spacial score (nSPS) is 15.4. The molecule has 1 heterocycles. The molecule has 0 fully saturated rings. The van der Waals surface area contributed by atoms with Crippen molar-refractivity contribution in [1.82, 2.24) is 10.3 Å². The minimum absolute atomic E-state index is 0.385. The van der Waals surface area contributed by atoms with Crippen molar-refractivity contribution in [1.29, 1.82) is 0 Å². The first-order valence-electron chi connectivity index (χ1n) is 5.46. The van der Waals surface area contributed by atoms with E-state index in [1.165, 1.54) is 0 Å². The predicted octanol–water partition coefficient (Wildman–Crippen LogP) is 2.14. The van der Waals surface area contributed by atoms with Gasteiger partial charge in [0, 0.05) is 6.20 Å². The van der Waals surface area contributed by atoms with E-state index in [1.807, 2.05) is 0 Å². The molecule has 1 aromatic heterocycles. The van der Waals surface area contributed by atoms with Crippen LogP contribution in [-0.4, -0.2) is 34.3 Å². The molecule has 118 valence electrons. The summed E-state index contributed by atoms with van der Waals surface area (Å²) in [7, 11) is 0. The fraction of sp³-hybridized carbons (Fsp3) is 0.455. The van der Waals surface area contributed by atoms with Crippen LogP contribution in [0.4, 0.5) is 26.3 Å². The zero-order chi connectivity index (χ0) is 16.5. The number of rotatable bonds is 3. The fourth-order valence-electron chi connectivity index (χ4n) is 1.25. The summed E-state index contributed by atoms with van der Waals surface area (Å²) in [5.74, 6) is -1.47. The average molecular weight is 316 g/mol. The topological polar surface area (TPSA) is 62.2 Å². The van der Waals surface area contributed by atoms with E-state index >= 15 is 0 Å². The average Bonchev–Trinajstić information content (AvgIpc) is 2.33. The minimum atomic E-state index is -5.04. The Balaban J connectivity index is 2.93. The molecule has 1 atom stereocenters. The maximum atomic E-state index is 12.6. The van der Waals surface area contributed by atoms with Crippen LogP contribution in [0.3, 0.4) is 0 Å². The van der Waals surface area contributed by atoms with E-state index in [-0.39, 0.29) is 0 Å². The third-order valence-electron chi connectivity index (χ3n) is 2.53. The molecule has 0 aliphatic heterocycles. The van der Waals surface area contributed by atoms with E-state index in [0.717, 1.165) is 12.3 Å². The minimum Gasteiger partial charge on any atom is -0.379 e. The number of hydrogen-bond acceptors (Lipinski definition) is 3. The highest BCUT2D eigenvalue weighted by atomic mass is 19.4. The van der Waals surface area contributed by atoms with Crippen molar-refractivity contribution in [2.75, 3.05) is 6.54 Å². The van der Waals surface area contributed by atoms with Gasteiger partial charge in [-0.05, 0) is 19.1 Å². The van der Waals surface area contributed by atoms with Crippen molar-refractivity contribution in [3.8, 4) is 0 Å². The molecule has 0 aliphatic rings. The van der Waals surface area contributed by atoms with E-state index in [4.69, 9.17) is 5.11 Å². The van der Waals surface area contributed by atoms with Gasteiger partial charge in [-0.25, -0.2) is 0 Å². The zero-order valence-electron chi connectivity index (χ0n) is 10.5. The zero-order valence-corrected chi connectivity index (χ0v) is 10.5. The van der Waals surface area contributed by atoms with Gasteiger partial charge in [0.2, 0.25) is 0 Å². The van der Waals surface area contributed by atoms with Crippen LogP contribution in [0.5, 0.6) is 0 Å². The number of nitrogens with zero attached hydrogens (tertiary/aromatic N) is 1. The number of alkyl halides is 6. The Morgan fingerprint density at radius 3 is 2.33 bits per heavy atom. The summed E-state index contributed by atoms with van der Waals surface area (Å²) in [4.78, 5) is 14.7. The summed E-state index contributed by atoms with van der Waals surface area (Å²) in [6, 6.07) is 1.51. The highest BCUT2D eigenvalue weighted by molar-refractivity contribution is 5.93. The number of pyridine rings is 1. The van der Waals surface area contributed by atoms with E-state index < -0.39 is 41.7 Å². The lowest BCUT2D eigenvalue weighted by Crippen LogP contribution is -2.51. The second-order valence-electron chi connectivity index (χ2n) is 4.35. The fourth-order valence-corrected chi connectivity index (χ4v) is 1.25. The lowest BCUT2D eigenvalue weighted by Gasteiger charge is -2.26. The van der Waals surface area contributed by atoms with Gasteiger partial charge in [0.15, 0.2) is 5.60 Å². The van der Waals surface area contributed by atoms with Crippen molar-refractivity contribution < 1.29 is 36.2 Å². The predicted molar refractivity (Wildman–Crippen MR) is 58.3 cm³/mol. The first-order chi connectivity index (χ1) is 9.36. The summed E-state index contributed by atoms with van der Waals surface area (Å²) in [6.07, 6.45) is -9.03. The molecule has 0 bridgehead atoms. The van der Waals surface area contributed by atoms with E-state index in [0.29, 0.717) is 13.0 Å². The lowest BCUT2D eigenvalue weighted by molar-refractivity contribution is -0.249. The SMILES string of the molecule is CC(O)(CNC(=O)c1ncccc1C(F)(F)F)C(F)(F)F. The van der Waals surface area contributed by atoms with Gasteiger partial charge >= 0.3 is 12.4 Å². The van der Waals surface area contributed by atoms with E-state index in [2.05, 4.69) is 4.98 Å². The molecule has 10 heteroatoms. The van der Waals surface area contributed by atoms with Gasteiger partial charge in [0.1, 0.15) is 5.69 Å². The quantitative estimate of drug-likeness (QED) is 0.840. The summed E-state index contributed by atoms with van der Waals surface area (Å²) in [5, 5.41) is 10.7. The standard InChI is InChI=1S/C11H10F6N2O2/c1-9(21,11(15,16)17)5-19-8(20)7-6(10(12,13)14)3-2-4-18-7/h2-4,21H,5H2,1H3,(H,19,20). The number of aliphatic hydroxyl groups is 1. The molecule has 0 aromatic carbocycles. The highest BCUT2D eigenvalue weighted by Gasteiger charge is 2.50. The number of amides is 1. The van der Waals surface area contributed by atoms with Gasteiger partial charge < -0.3 is 10.4 Å². The number of hydrogen-bond donors (Lipinski definition) is 2. The Hall–Kier alpha value is -1.84. The molecule has 4 nitrogen and oxygen atoms in total. The lowest BCUT2D eigenvalue weighted by atomic mass is 10.1. The van der Waals surface area contributed by atoms with Crippen molar-refractivity contribution in [3.63, 3.8) is 0 Å². The largest absolute Gasteiger partial charge is 0.418 e. The van der Waals surface area contributed by atoms with Crippen LogP contribution in [0.2, 0.25) is 0 Å². The molecule has 1 aromatic rings. The number of carbonyl (C=O) groups is 1. The second-order valence-corrected chi connectivity index (χ2v) is 4.35. The molecule has 0 saturated heterocycles. The first-order valence-corrected chi connectivity index (χ1v) is 5.46. The molecule has 0 aliphatic carbocycles. The van der Waals surface area contributed by atoms with Crippen molar-refractivity contribution in [2.24, 2.45) is 0 Å². The molecule has 1 unspecified atom stereocenters. The second kappa shape index (κ2) is 5.51. The Morgan fingerprint density at radius 2 is 1.86 bits per heavy atom. The summed E-state index contributed by atoms with van der Waals surface area (Å²) >= 11 is 0. The van der Waals surface area contributed by atoms with Gasteiger partial charge in [0.25, 0.3) is 5.91 Å². The summed E-state index contributed by atoms with van der Waals surface area (Å²) in [5.41, 5.74) is -5.72. The van der Waals surface area contributed by atoms with E-state index in [1.54, 1.807) is 5.32 Å². The number of aromatic nitrogens is 1. The highest BCUT2D eigenvalue weighted by Crippen LogP contribution is 2.31. The van der Waals surface area contributed by atoms with Crippen molar-refractivity contribution in [3.05, 3.63) is 29.6 Å². The maximum absolute atomic E-state index is 12.6. The Kier molecular flexibility index (Phi) is 4.51. The van der Waals surface area contributed by atoms with Gasteiger partial charge in [0.05, 0.1) is 12.1 Å². The molecule has 21 heavy (non-hydrogen) atoms. The van der Waals surface area contributed by atoms with Gasteiger partial charge in [-0.15, -0.1) is 0 Å². The molecule has 1 amide bonds. The third kappa shape index (κ3) is 4.06. The number of nitrogens with one attached hydrogen (secondary N) is 1. The third-order valence-corrected chi connectivity index (χ3v) is 2.53. The molecule has 0 saturated carbocycles. The molecule has 1 rings (SSSR count). The Morgan fingerprint density at radius 1 is 1.29 bits per heavy atom. The molecule has 0 spiro atoms. The van der Waals surface area contributed by atoms with Gasteiger partial charge in [-0.3, -0.25) is 9.78 Å². The van der Waals surface area contributed by atoms with Gasteiger partial charge in [-0.2, -0.15) is 26.3 Å². The Labute approximate surface area is 114 Å². The molecule has 0 radical (unpaired) electrons. The van der Waals surface area contributed by atoms with Crippen LogP contribution in [0, 0.1) is 0 Å². The smallest absolute Gasteiger partial charge is 0.379 e. The molecule has 2 N–H and O–H groups in total. The maximum Gasteiger partial charge on any atom is 0.418 e. The van der Waals surface area contributed by atoms with Crippen LogP contribution in [0.25, 0.3) is 0 Å². The number of halogens is 6. The van der Waals surface area contributed by atoms with Crippen LogP contribution in [-0.2, 0) is 6.18 Å². The monoisotopic (exact) mass is 316 g/mol. The van der Waals surface area contributed by atoms with Crippen LogP contribution < -0.4 is 5.32 Å². The first kappa shape index (κ1) is 17.2. The van der Waals surface area contributed by atoms with Crippen molar-refractivity contribution in [2.45, 2.75) is 24.9 Å². The summed E-state index contributed by atoms with van der Waals surface area (Å²) in [6.45, 7) is -0.917. The van der Waals surface area contributed by atoms with Crippen LogP contribution >= 0.6 is 0 Å². The van der Waals surface area contributed by atoms with Gasteiger partial charge in [-0.1, -0.05) is 0 Å². The Bertz CT molecular complexity index is 524. The summed E-state index contributed by atoms with van der Waals surface area (Å²) < 4.78 is 74.9. The molecular weight excluding hydrogens is 306 g/mol. The number of carbonyl (C=O) groups excluding carboxylic acids is 1. The van der Waals surface area contributed by atoms with Crippen molar-refractivity contribution >= 4 is 5.91 Å². The van der Waals surface area contributed by atoms with Crippen LogP contribution in [0.1, 0.15) is 23.0 Å². The van der Waals surface area contributed by atoms with E-state index in [9.17, 15) is 31.1 Å².